The predicted molar refractivity (Wildman–Crippen MR) is 119 cm³/mol. The van der Waals surface area contributed by atoms with Gasteiger partial charge in [0.05, 0.1) is 18.6 Å². The average molecular weight is 460 g/mol. The van der Waals surface area contributed by atoms with Crippen molar-refractivity contribution in [3.63, 3.8) is 0 Å². The zero-order valence-corrected chi connectivity index (χ0v) is 19.0. The molecule has 178 valence electrons. The summed E-state index contributed by atoms with van der Waals surface area (Å²) in [6.45, 7) is 5.32. The summed E-state index contributed by atoms with van der Waals surface area (Å²) < 4.78 is 21.1. The molecule has 0 aliphatic heterocycles. The molecule has 1 unspecified atom stereocenters. The zero-order chi connectivity index (χ0) is 24.4. The van der Waals surface area contributed by atoms with E-state index in [1.807, 2.05) is 6.07 Å². The largest absolute Gasteiger partial charge is 0.485 e. The molecule has 0 saturated heterocycles. The van der Waals surface area contributed by atoms with Gasteiger partial charge in [-0.3, -0.25) is 10.1 Å². The summed E-state index contributed by atoms with van der Waals surface area (Å²) in [5, 5.41) is 14.1. The number of hydrogen-bond donors (Lipinski definition) is 1. The average Bonchev–Trinajstić information content (AvgIpc) is 2.75. The van der Waals surface area contributed by atoms with Crippen LogP contribution in [0.1, 0.15) is 26.3 Å². The van der Waals surface area contributed by atoms with E-state index in [1.54, 1.807) is 51.1 Å². The molecule has 0 aromatic heterocycles. The Morgan fingerprint density at radius 2 is 1.82 bits per heavy atom. The first-order chi connectivity index (χ1) is 15.6. The first kappa shape index (κ1) is 25.4. The molecule has 0 saturated carbocycles. The summed E-state index contributed by atoms with van der Waals surface area (Å²) in [5.41, 5.74) is -0.411. The van der Waals surface area contributed by atoms with Crippen LogP contribution < -0.4 is 14.8 Å². The molecule has 10 heteroatoms. The molecule has 1 N–H and O–H groups in total. The first-order valence-corrected chi connectivity index (χ1v) is 10.3. The monoisotopic (exact) mass is 460 g/mol. The topological polar surface area (TPSA) is 126 Å². The van der Waals surface area contributed by atoms with Crippen LogP contribution in [0.15, 0.2) is 48.5 Å². The molecule has 0 heterocycles. The van der Waals surface area contributed by atoms with Crippen LogP contribution in [0.4, 0.5) is 10.5 Å². The highest BCUT2D eigenvalue weighted by molar-refractivity contribution is 5.75. The van der Waals surface area contributed by atoms with Gasteiger partial charge in [-0.05, 0) is 44.5 Å². The number of nitrogens with zero attached hydrogens (tertiary/aromatic N) is 1. The van der Waals surface area contributed by atoms with Gasteiger partial charge < -0.3 is 24.3 Å². The maximum Gasteiger partial charge on any atom is 0.407 e. The number of nitro groups is 1. The summed E-state index contributed by atoms with van der Waals surface area (Å²) in [5.74, 6) is -0.0942. The molecule has 1 atom stereocenters. The summed E-state index contributed by atoms with van der Waals surface area (Å²) in [6, 6.07) is 13.1. The van der Waals surface area contributed by atoms with E-state index in [2.05, 4.69) is 5.32 Å². The molecule has 1 amide bonds. The van der Waals surface area contributed by atoms with Crippen LogP contribution in [0.2, 0.25) is 0 Å². The lowest BCUT2D eigenvalue weighted by Crippen LogP contribution is -2.34. The number of methoxy groups -OCH3 is 1. The lowest BCUT2D eigenvalue weighted by atomic mass is 10.1. The number of carbonyl (C=O) groups excluding carboxylic acids is 2. The van der Waals surface area contributed by atoms with E-state index in [4.69, 9.17) is 18.9 Å². The van der Waals surface area contributed by atoms with Crippen LogP contribution in [0.3, 0.4) is 0 Å². The fraction of sp³-hybridized carbons (Fsp3) is 0.391. The highest BCUT2D eigenvalue weighted by Crippen LogP contribution is 2.29. The van der Waals surface area contributed by atoms with Crippen LogP contribution in [0.5, 0.6) is 11.5 Å². The number of esters is 1. The normalized spacial score (nSPS) is 11.8. The van der Waals surface area contributed by atoms with E-state index in [-0.39, 0.29) is 31.0 Å². The van der Waals surface area contributed by atoms with Gasteiger partial charge in [-0.15, -0.1) is 0 Å². The van der Waals surface area contributed by atoms with Crippen molar-refractivity contribution in [2.75, 3.05) is 20.3 Å². The minimum atomic E-state index is -0.984. The number of para-hydroxylation sites is 1. The minimum absolute atomic E-state index is 0.00132. The standard InChI is InChI=1S/C23H28N2O8/c1-23(2,3)33-22(27)24-12-13-31-19-11-10-16(14-18(19)25(28)29)15-20(21(26)30-4)32-17-8-6-5-7-9-17/h5-11,14,20H,12-13,15H2,1-4H3,(H,24,27). The molecular weight excluding hydrogens is 432 g/mol. The van der Waals surface area contributed by atoms with Crippen molar-refractivity contribution in [2.24, 2.45) is 0 Å². The third-order valence-corrected chi connectivity index (χ3v) is 4.15. The van der Waals surface area contributed by atoms with Gasteiger partial charge in [0, 0.05) is 12.5 Å². The van der Waals surface area contributed by atoms with Gasteiger partial charge in [0.2, 0.25) is 0 Å². The smallest absolute Gasteiger partial charge is 0.407 e. The van der Waals surface area contributed by atoms with Gasteiger partial charge in [0.1, 0.15) is 18.0 Å². The quantitative estimate of drug-likeness (QED) is 0.246. The Balaban J connectivity index is 2.04. The Morgan fingerprint density at radius 1 is 1.12 bits per heavy atom. The predicted octanol–water partition coefficient (Wildman–Crippen LogP) is 3.66. The molecule has 10 nitrogen and oxygen atoms in total. The van der Waals surface area contributed by atoms with Crippen molar-refractivity contribution < 1.29 is 33.5 Å². The number of nitro benzene ring substituents is 1. The molecule has 0 aliphatic rings. The van der Waals surface area contributed by atoms with Gasteiger partial charge >= 0.3 is 17.7 Å². The maximum atomic E-state index is 12.2. The van der Waals surface area contributed by atoms with Gasteiger partial charge in [-0.25, -0.2) is 9.59 Å². The van der Waals surface area contributed by atoms with Crippen LogP contribution in [0.25, 0.3) is 0 Å². The van der Waals surface area contributed by atoms with E-state index >= 15 is 0 Å². The van der Waals surface area contributed by atoms with Crippen molar-refractivity contribution >= 4 is 17.7 Å². The molecule has 0 aliphatic carbocycles. The van der Waals surface area contributed by atoms with Crippen molar-refractivity contribution in [1.82, 2.24) is 5.32 Å². The van der Waals surface area contributed by atoms with E-state index in [9.17, 15) is 19.7 Å². The number of rotatable bonds is 10. The second kappa shape index (κ2) is 11.7. The SMILES string of the molecule is COC(=O)C(Cc1ccc(OCCNC(=O)OC(C)(C)C)c([N+](=O)[O-])c1)Oc1ccccc1. The van der Waals surface area contributed by atoms with Gasteiger partial charge in [-0.1, -0.05) is 24.3 Å². The highest BCUT2D eigenvalue weighted by atomic mass is 16.6. The Morgan fingerprint density at radius 3 is 2.42 bits per heavy atom. The molecule has 2 rings (SSSR count). The molecule has 33 heavy (non-hydrogen) atoms. The molecular formula is C23H28N2O8. The molecule has 0 fully saturated rings. The van der Waals surface area contributed by atoms with Gasteiger partial charge in [0.15, 0.2) is 11.9 Å². The number of nitrogens with one attached hydrogen (secondary N) is 1. The fourth-order valence-corrected chi connectivity index (χ4v) is 2.76. The van der Waals surface area contributed by atoms with Gasteiger partial charge in [-0.2, -0.15) is 0 Å². The lowest BCUT2D eigenvalue weighted by molar-refractivity contribution is -0.385. The van der Waals surface area contributed by atoms with Crippen LogP contribution >= 0.6 is 0 Å². The lowest BCUT2D eigenvalue weighted by Gasteiger charge is -2.19. The third kappa shape index (κ3) is 8.68. The summed E-state index contributed by atoms with van der Waals surface area (Å²) >= 11 is 0. The van der Waals surface area contributed by atoms with Crippen molar-refractivity contribution in [1.29, 1.82) is 0 Å². The number of amides is 1. The molecule has 2 aromatic rings. The molecule has 2 aromatic carbocycles. The molecule has 0 bridgehead atoms. The van der Waals surface area contributed by atoms with Crippen molar-refractivity contribution in [3.05, 3.63) is 64.2 Å². The third-order valence-electron chi connectivity index (χ3n) is 4.15. The first-order valence-electron chi connectivity index (χ1n) is 10.3. The van der Waals surface area contributed by atoms with E-state index < -0.39 is 28.7 Å². The Bertz CT molecular complexity index is 957. The van der Waals surface area contributed by atoms with Crippen molar-refractivity contribution in [2.45, 2.75) is 38.9 Å². The molecule has 0 radical (unpaired) electrons. The molecule has 0 spiro atoms. The number of benzene rings is 2. The number of ether oxygens (including phenoxy) is 4. The summed E-state index contributed by atoms with van der Waals surface area (Å²) in [7, 11) is 1.24. The summed E-state index contributed by atoms with van der Waals surface area (Å²) in [4.78, 5) is 34.8. The van der Waals surface area contributed by atoms with E-state index in [0.29, 0.717) is 11.3 Å². The Hall–Kier alpha value is -3.82. The van der Waals surface area contributed by atoms with Crippen LogP contribution in [-0.4, -0.2) is 49.0 Å². The second-order valence-electron chi connectivity index (χ2n) is 7.98. The van der Waals surface area contributed by atoms with Crippen LogP contribution in [0, 0.1) is 10.1 Å². The highest BCUT2D eigenvalue weighted by Gasteiger charge is 2.24. The minimum Gasteiger partial charge on any atom is -0.485 e. The number of alkyl carbamates (subject to hydrolysis) is 1. The number of carbonyl (C=O) groups is 2. The number of hydrogen-bond acceptors (Lipinski definition) is 8. The Labute approximate surface area is 191 Å². The maximum absolute atomic E-state index is 12.2. The van der Waals surface area contributed by atoms with E-state index in [0.717, 1.165) is 0 Å². The zero-order valence-electron chi connectivity index (χ0n) is 19.0. The van der Waals surface area contributed by atoms with Crippen molar-refractivity contribution in [3.8, 4) is 11.5 Å². The van der Waals surface area contributed by atoms with Crippen LogP contribution in [-0.2, 0) is 20.7 Å². The summed E-state index contributed by atoms with van der Waals surface area (Å²) in [6.07, 6.45) is -1.53. The van der Waals surface area contributed by atoms with Gasteiger partial charge in [0.25, 0.3) is 0 Å². The Kier molecular flexibility index (Phi) is 9.02. The fourth-order valence-electron chi connectivity index (χ4n) is 2.76. The van der Waals surface area contributed by atoms with E-state index in [1.165, 1.54) is 19.2 Å². The second-order valence-corrected chi connectivity index (χ2v) is 7.98.